The standard InChI is InChI=1S/C20H16O3/c1-13-3-7-15(8-4-13)11-17-18(20(22)23-19(17)21)12-16-9-5-14(2)6-10-16/h3-12H,1-2H3. The van der Waals surface area contributed by atoms with E-state index in [1.54, 1.807) is 12.2 Å². The first kappa shape index (κ1) is 15.0. The molecule has 2 aromatic carbocycles. The number of hydrogen-bond acceptors (Lipinski definition) is 3. The zero-order valence-corrected chi connectivity index (χ0v) is 13.0. The van der Waals surface area contributed by atoms with Crippen molar-refractivity contribution in [3.63, 3.8) is 0 Å². The van der Waals surface area contributed by atoms with Crippen molar-refractivity contribution in [2.45, 2.75) is 13.8 Å². The molecule has 3 heteroatoms. The Kier molecular flexibility index (Phi) is 3.94. The topological polar surface area (TPSA) is 43.4 Å². The predicted octanol–water partition coefficient (Wildman–Crippen LogP) is 3.85. The third kappa shape index (κ3) is 3.29. The van der Waals surface area contributed by atoms with Gasteiger partial charge in [0, 0.05) is 0 Å². The molecule has 23 heavy (non-hydrogen) atoms. The van der Waals surface area contributed by atoms with Gasteiger partial charge in [-0.3, -0.25) is 0 Å². The monoisotopic (exact) mass is 304 g/mol. The number of hydrogen-bond donors (Lipinski definition) is 0. The van der Waals surface area contributed by atoms with Gasteiger partial charge in [0.25, 0.3) is 0 Å². The van der Waals surface area contributed by atoms with Crippen LogP contribution >= 0.6 is 0 Å². The first-order chi connectivity index (χ1) is 11.0. The Morgan fingerprint density at radius 2 is 1.00 bits per heavy atom. The van der Waals surface area contributed by atoms with E-state index in [9.17, 15) is 9.59 Å². The quantitative estimate of drug-likeness (QED) is 0.481. The van der Waals surface area contributed by atoms with Gasteiger partial charge in [0.1, 0.15) is 0 Å². The predicted molar refractivity (Wildman–Crippen MR) is 89.4 cm³/mol. The molecule has 1 aliphatic heterocycles. The van der Waals surface area contributed by atoms with E-state index in [4.69, 9.17) is 4.74 Å². The fourth-order valence-corrected chi connectivity index (χ4v) is 2.35. The van der Waals surface area contributed by atoms with E-state index in [1.807, 2.05) is 62.4 Å². The SMILES string of the molecule is Cc1ccc(C=C2C(=O)OC(=O)C2=Cc2ccc(C)cc2)cc1. The highest BCUT2D eigenvalue weighted by Crippen LogP contribution is 2.27. The third-order valence-corrected chi connectivity index (χ3v) is 3.69. The number of carbonyl (C=O) groups excluding carboxylic acids is 2. The summed E-state index contributed by atoms with van der Waals surface area (Å²) in [5.74, 6) is -1.21. The maximum Gasteiger partial charge on any atom is 0.346 e. The number of aryl methyl sites for hydroxylation is 2. The van der Waals surface area contributed by atoms with E-state index in [0.29, 0.717) is 11.1 Å². The van der Waals surface area contributed by atoms with E-state index < -0.39 is 11.9 Å². The molecule has 3 nitrogen and oxygen atoms in total. The summed E-state index contributed by atoms with van der Waals surface area (Å²) in [6.07, 6.45) is 3.37. The molecule has 114 valence electrons. The van der Waals surface area contributed by atoms with Crippen LogP contribution in [0.2, 0.25) is 0 Å². The zero-order valence-electron chi connectivity index (χ0n) is 13.0. The Bertz CT molecular complexity index is 751. The van der Waals surface area contributed by atoms with E-state index >= 15 is 0 Å². The van der Waals surface area contributed by atoms with Gasteiger partial charge in [-0.25, -0.2) is 9.59 Å². The lowest BCUT2D eigenvalue weighted by Crippen LogP contribution is -1.97. The highest BCUT2D eigenvalue weighted by atomic mass is 16.6. The van der Waals surface area contributed by atoms with Gasteiger partial charge in [-0.2, -0.15) is 0 Å². The molecule has 0 aliphatic carbocycles. The lowest BCUT2D eigenvalue weighted by atomic mass is 10.0. The Morgan fingerprint density at radius 3 is 1.35 bits per heavy atom. The lowest BCUT2D eigenvalue weighted by Gasteiger charge is -1.99. The van der Waals surface area contributed by atoms with E-state index in [-0.39, 0.29) is 0 Å². The largest absolute Gasteiger partial charge is 0.386 e. The van der Waals surface area contributed by atoms with Crippen molar-refractivity contribution in [2.24, 2.45) is 0 Å². The fraction of sp³-hybridized carbons (Fsp3) is 0.100. The Labute approximate surface area is 134 Å². The molecule has 1 heterocycles. The van der Waals surface area contributed by atoms with Crippen molar-refractivity contribution in [3.8, 4) is 0 Å². The minimum absolute atomic E-state index is 0.291. The van der Waals surface area contributed by atoms with Crippen LogP contribution in [0.1, 0.15) is 22.3 Å². The molecule has 1 aliphatic rings. The fourth-order valence-electron chi connectivity index (χ4n) is 2.35. The summed E-state index contributed by atoms with van der Waals surface area (Å²) in [7, 11) is 0. The molecule has 0 N–H and O–H groups in total. The van der Waals surface area contributed by atoms with Crippen LogP contribution in [0.5, 0.6) is 0 Å². The van der Waals surface area contributed by atoms with Crippen LogP contribution in [0.15, 0.2) is 59.7 Å². The first-order valence-electron chi connectivity index (χ1n) is 7.36. The summed E-state index contributed by atoms with van der Waals surface area (Å²) in [4.78, 5) is 23.9. The second kappa shape index (κ2) is 6.05. The molecule has 2 aromatic rings. The summed E-state index contributed by atoms with van der Waals surface area (Å²) in [6.45, 7) is 3.99. The number of ether oxygens (including phenoxy) is 1. The minimum Gasteiger partial charge on any atom is -0.386 e. The van der Waals surface area contributed by atoms with E-state index in [0.717, 1.165) is 22.3 Å². The van der Waals surface area contributed by atoms with E-state index in [2.05, 4.69) is 0 Å². The van der Waals surface area contributed by atoms with Crippen LogP contribution in [0, 0.1) is 13.8 Å². The highest BCUT2D eigenvalue weighted by molar-refractivity contribution is 6.22. The molecule has 0 atom stereocenters. The van der Waals surface area contributed by atoms with Crippen molar-refractivity contribution in [1.29, 1.82) is 0 Å². The van der Waals surface area contributed by atoms with Gasteiger partial charge in [-0.15, -0.1) is 0 Å². The third-order valence-electron chi connectivity index (χ3n) is 3.69. The average Bonchev–Trinajstić information content (AvgIpc) is 2.78. The lowest BCUT2D eigenvalue weighted by molar-refractivity contribution is -0.149. The maximum absolute atomic E-state index is 12.0. The van der Waals surface area contributed by atoms with Crippen molar-refractivity contribution in [2.75, 3.05) is 0 Å². The molecule has 1 saturated heterocycles. The second-order valence-corrected chi connectivity index (χ2v) is 5.61. The molecule has 0 aromatic heterocycles. The molecular weight excluding hydrogens is 288 g/mol. The Balaban J connectivity index is 2.02. The molecule has 1 fully saturated rings. The van der Waals surface area contributed by atoms with Gasteiger partial charge >= 0.3 is 11.9 Å². The normalized spacial score (nSPS) is 17.8. The van der Waals surface area contributed by atoms with Crippen LogP contribution in [0.4, 0.5) is 0 Å². The van der Waals surface area contributed by atoms with Crippen LogP contribution < -0.4 is 0 Å². The van der Waals surface area contributed by atoms with Crippen molar-refractivity contribution in [3.05, 3.63) is 81.9 Å². The molecule has 0 bridgehead atoms. The second-order valence-electron chi connectivity index (χ2n) is 5.61. The minimum atomic E-state index is -0.603. The van der Waals surface area contributed by atoms with Gasteiger partial charge in [0.2, 0.25) is 0 Å². The van der Waals surface area contributed by atoms with Gasteiger partial charge in [0.15, 0.2) is 0 Å². The number of cyclic esters (lactones) is 2. The van der Waals surface area contributed by atoms with E-state index in [1.165, 1.54) is 0 Å². The number of esters is 2. The number of benzene rings is 2. The molecular formula is C20H16O3. The summed E-state index contributed by atoms with van der Waals surface area (Å²) in [5.41, 5.74) is 4.55. The van der Waals surface area contributed by atoms with Crippen LogP contribution in [-0.2, 0) is 14.3 Å². The van der Waals surface area contributed by atoms with Gasteiger partial charge in [-0.05, 0) is 37.1 Å². The summed E-state index contributed by atoms with van der Waals surface area (Å²) in [5, 5.41) is 0. The molecule has 0 saturated carbocycles. The molecule has 0 amide bonds. The number of carbonyl (C=O) groups is 2. The molecule has 0 spiro atoms. The molecule has 0 unspecified atom stereocenters. The summed E-state index contributed by atoms with van der Waals surface area (Å²) < 4.78 is 4.76. The highest BCUT2D eigenvalue weighted by Gasteiger charge is 2.33. The van der Waals surface area contributed by atoms with Crippen LogP contribution in [-0.4, -0.2) is 11.9 Å². The van der Waals surface area contributed by atoms with Gasteiger partial charge in [-0.1, -0.05) is 59.7 Å². The van der Waals surface area contributed by atoms with Crippen LogP contribution in [0.3, 0.4) is 0 Å². The van der Waals surface area contributed by atoms with Gasteiger partial charge in [0.05, 0.1) is 11.1 Å². The smallest absolute Gasteiger partial charge is 0.346 e. The van der Waals surface area contributed by atoms with Crippen LogP contribution in [0.25, 0.3) is 12.2 Å². The Morgan fingerprint density at radius 1 is 0.652 bits per heavy atom. The average molecular weight is 304 g/mol. The van der Waals surface area contributed by atoms with Crippen molar-refractivity contribution < 1.29 is 14.3 Å². The summed E-state index contributed by atoms with van der Waals surface area (Å²) in [6, 6.07) is 15.4. The maximum atomic E-state index is 12.0. The van der Waals surface area contributed by atoms with Crippen molar-refractivity contribution >= 4 is 24.1 Å². The summed E-state index contributed by atoms with van der Waals surface area (Å²) >= 11 is 0. The zero-order chi connectivity index (χ0) is 16.4. The number of rotatable bonds is 2. The van der Waals surface area contributed by atoms with Gasteiger partial charge < -0.3 is 4.74 Å². The first-order valence-corrected chi connectivity index (χ1v) is 7.36. The molecule has 3 rings (SSSR count). The Hall–Kier alpha value is -2.94. The molecule has 0 radical (unpaired) electrons. The van der Waals surface area contributed by atoms with Crippen molar-refractivity contribution in [1.82, 2.24) is 0 Å².